The number of methoxy groups -OCH3 is 1. The second-order valence-corrected chi connectivity index (χ2v) is 5.62. The van der Waals surface area contributed by atoms with E-state index in [9.17, 15) is 5.11 Å². The zero-order valence-electron chi connectivity index (χ0n) is 11.9. The zero-order chi connectivity index (χ0) is 15.2. The van der Waals surface area contributed by atoms with Gasteiger partial charge in [-0.25, -0.2) is 0 Å². The van der Waals surface area contributed by atoms with Crippen LogP contribution in [0.4, 0.5) is 5.69 Å². The molecular weight excluding hydrogens is 314 g/mol. The van der Waals surface area contributed by atoms with E-state index in [2.05, 4.69) is 14.1 Å². The van der Waals surface area contributed by atoms with Crippen LogP contribution in [-0.2, 0) is 9.47 Å². The third-order valence-electron chi connectivity index (χ3n) is 2.87. The molecule has 2 unspecified atom stereocenters. The molecule has 0 saturated carbocycles. The lowest BCUT2D eigenvalue weighted by Gasteiger charge is -2.17. The lowest BCUT2D eigenvalue weighted by molar-refractivity contribution is -0.0282. The van der Waals surface area contributed by atoms with Crippen LogP contribution in [0, 0.1) is 0 Å². The number of nitrogens with zero attached hydrogens (tertiary/aromatic N) is 2. The lowest BCUT2D eigenvalue weighted by Crippen LogP contribution is -2.28. The third kappa shape index (κ3) is 4.49. The Balaban J connectivity index is 1.89. The molecule has 2 N–H and O–H groups in total. The fraction of sp³-hybridized carbons (Fsp3) is 0.538. The van der Waals surface area contributed by atoms with Gasteiger partial charge in [-0.1, -0.05) is 11.6 Å². The Kier molecular flexibility index (Phi) is 6.13. The molecule has 2 atom stereocenters. The molecule has 1 heterocycles. The van der Waals surface area contributed by atoms with Crippen LogP contribution in [0.3, 0.4) is 0 Å². The first-order valence-electron chi connectivity index (χ1n) is 6.55. The molecule has 0 fully saturated rings. The van der Waals surface area contributed by atoms with Crippen molar-refractivity contribution >= 4 is 40.0 Å². The molecule has 0 aliphatic heterocycles. The summed E-state index contributed by atoms with van der Waals surface area (Å²) in [6, 6.07) is 3.58. The van der Waals surface area contributed by atoms with E-state index >= 15 is 0 Å². The molecule has 1 aromatic carbocycles. The number of aliphatic hydroxyl groups excluding tert-OH is 1. The van der Waals surface area contributed by atoms with Gasteiger partial charge in [0.25, 0.3) is 0 Å². The molecule has 8 heteroatoms. The van der Waals surface area contributed by atoms with E-state index in [-0.39, 0.29) is 12.7 Å². The largest absolute Gasteiger partial charge is 0.389 e. The van der Waals surface area contributed by atoms with E-state index in [0.29, 0.717) is 29.4 Å². The van der Waals surface area contributed by atoms with Crippen LogP contribution in [0.2, 0.25) is 5.02 Å². The molecule has 116 valence electrons. The van der Waals surface area contributed by atoms with Crippen molar-refractivity contribution in [3.8, 4) is 0 Å². The van der Waals surface area contributed by atoms with Crippen molar-refractivity contribution < 1.29 is 14.6 Å². The maximum atomic E-state index is 9.94. The quantitative estimate of drug-likeness (QED) is 0.772. The molecule has 0 amide bonds. The Morgan fingerprint density at radius 1 is 1.38 bits per heavy atom. The molecule has 21 heavy (non-hydrogen) atoms. The Hall–Kier alpha value is -0.990. The number of aromatic nitrogens is 2. The second-order valence-electron chi connectivity index (χ2n) is 4.69. The summed E-state index contributed by atoms with van der Waals surface area (Å²) in [4.78, 5) is 0. The average Bonchev–Trinajstić information content (AvgIpc) is 2.93. The Morgan fingerprint density at radius 2 is 2.19 bits per heavy atom. The number of hydrogen-bond acceptors (Lipinski definition) is 7. The van der Waals surface area contributed by atoms with E-state index in [1.54, 1.807) is 13.2 Å². The van der Waals surface area contributed by atoms with Gasteiger partial charge in [-0.15, -0.1) is 0 Å². The summed E-state index contributed by atoms with van der Waals surface area (Å²) < 4.78 is 18.8. The molecule has 0 saturated heterocycles. The molecule has 2 rings (SSSR count). The molecule has 6 nitrogen and oxygen atoms in total. The predicted octanol–water partition coefficient (Wildman–Crippen LogP) is 2.17. The highest BCUT2D eigenvalue weighted by atomic mass is 35.5. The first-order chi connectivity index (χ1) is 10.1. The summed E-state index contributed by atoms with van der Waals surface area (Å²) in [5.41, 5.74) is 2.19. The fourth-order valence-corrected chi connectivity index (χ4v) is 2.59. The van der Waals surface area contributed by atoms with E-state index in [1.807, 2.05) is 13.0 Å². The van der Waals surface area contributed by atoms with Crippen LogP contribution in [0.15, 0.2) is 12.1 Å². The summed E-state index contributed by atoms with van der Waals surface area (Å²) in [5, 5.41) is 13.6. The molecular formula is C13H18ClN3O3S. The molecule has 0 spiro atoms. The number of fused-ring (bicyclic) bond motifs is 1. The zero-order valence-corrected chi connectivity index (χ0v) is 13.4. The summed E-state index contributed by atoms with van der Waals surface area (Å²) in [7, 11) is 1.61. The highest BCUT2D eigenvalue weighted by Crippen LogP contribution is 2.29. The summed E-state index contributed by atoms with van der Waals surface area (Å²) in [6.45, 7) is 2.93. The van der Waals surface area contributed by atoms with Gasteiger partial charge in [-0.3, -0.25) is 0 Å². The third-order valence-corrected chi connectivity index (χ3v) is 3.72. The van der Waals surface area contributed by atoms with Crippen LogP contribution in [0.25, 0.3) is 11.0 Å². The number of rotatable bonds is 8. The minimum Gasteiger partial charge on any atom is -0.389 e. The van der Waals surface area contributed by atoms with Crippen molar-refractivity contribution in [2.75, 3.05) is 32.2 Å². The molecule has 1 aromatic heterocycles. The number of halogens is 1. The van der Waals surface area contributed by atoms with Crippen molar-refractivity contribution in [1.29, 1.82) is 0 Å². The van der Waals surface area contributed by atoms with Gasteiger partial charge in [0.2, 0.25) is 0 Å². The lowest BCUT2D eigenvalue weighted by atomic mass is 10.2. The van der Waals surface area contributed by atoms with Gasteiger partial charge in [0.05, 0.1) is 47.9 Å². The summed E-state index contributed by atoms with van der Waals surface area (Å²) >= 11 is 7.29. The van der Waals surface area contributed by atoms with E-state index in [0.717, 1.165) is 17.2 Å². The predicted molar refractivity (Wildman–Crippen MR) is 84.2 cm³/mol. The molecule has 2 aromatic rings. The topological polar surface area (TPSA) is 76.5 Å². The van der Waals surface area contributed by atoms with E-state index < -0.39 is 6.10 Å². The van der Waals surface area contributed by atoms with Gasteiger partial charge >= 0.3 is 0 Å². The molecule has 0 bridgehead atoms. The number of hydrogen-bond donors (Lipinski definition) is 2. The molecule has 0 radical (unpaired) electrons. The SMILES string of the molecule is COCC(C)OCC(O)CNc1c(Cl)ccc2nsnc12. The van der Waals surface area contributed by atoms with Gasteiger partial charge in [0, 0.05) is 13.7 Å². The van der Waals surface area contributed by atoms with Gasteiger partial charge in [0.15, 0.2) is 0 Å². The van der Waals surface area contributed by atoms with Gasteiger partial charge in [-0.05, 0) is 19.1 Å². The van der Waals surface area contributed by atoms with Crippen molar-refractivity contribution in [2.24, 2.45) is 0 Å². The van der Waals surface area contributed by atoms with E-state index in [4.69, 9.17) is 21.1 Å². The van der Waals surface area contributed by atoms with Crippen molar-refractivity contribution in [3.63, 3.8) is 0 Å². The summed E-state index contributed by atoms with van der Waals surface area (Å²) in [6.07, 6.45) is -0.707. The number of benzene rings is 1. The highest BCUT2D eigenvalue weighted by molar-refractivity contribution is 7.00. The Bertz CT molecular complexity index is 581. The smallest absolute Gasteiger partial charge is 0.129 e. The fourth-order valence-electron chi connectivity index (χ4n) is 1.83. The maximum absolute atomic E-state index is 9.94. The number of anilines is 1. The van der Waals surface area contributed by atoms with Crippen LogP contribution in [-0.4, -0.2) is 52.9 Å². The van der Waals surface area contributed by atoms with Crippen LogP contribution in [0.1, 0.15) is 6.92 Å². The minimum absolute atomic E-state index is 0.0561. The Labute approximate surface area is 132 Å². The molecule has 0 aliphatic carbocycles. The average molecular weight is 332 g/mol. The standard InChI is InChI=1S/C13H18ClN3O3S/c1-8(6-19-2)20-7-9(18)5-15-12-10(14)3-4-11-13(12)17-21-16-11/h3-4,8-9,15,18H,5-7H2,1-2H3. The number of nitrogens with one attached hydrogen (secondary N) is 1. The second kappa shape index (κ2) is 7.86. The monoisotopic (exact) mass is 331 g/mol. The van der Waals surface area contributed by atoms with E-state index in [1.165, 1.54) is 0 Å². The minimum atomic E-state index is -0.651. The van der Waals surface area contributed by atoms with Gasteiger partial charge < -0.3 is 19.9 Å². The van der Waals surface area contributed by atoms with Crippen LogP contribution in [0.5, 0.6) is 0 Å². The van der Waals surface area contributed by atoms with Crippen LogP contribution < -0.4 is 5.32 Å². The van der Waals surface area contributed by atoms with Gasteiger partial charge in [0.1, 0.15) is 11.0 Å². The van der Waals surface area contributed by atoms with Crippen molar-refractivity contribution in [3.05, 3.63) is 17.2 Å². The van der Waals surface area contributed by atoms with Crippen LogP contribution >= 0.6 is 23.3 Å². The summed E-state index contributed by atoms with van der Waals surface area (Å²) in [5.74, 6) is 0. The van der Waals surface area contributed by atoms with Crippen molar-refractivity contribution in [1.82, 2.24) is 8.75 Å². The molecule has 0 aliphatic rings. The first kappa shape index (κ1) is 16.4. The number of aliphatic hydroxyl groups is 1. The number of ether oxygens (including phenoxy) is 2. The first-order valence-corrected chi connectivity index (χ1v) is 7.66. The maximum Gasteiger partial charge on any atom is 0.129 e. The normalized spacial score (nSPS) is 14.3. The van der Waals surface area contributed by atoms with Crippen molar-refractivity contribution in [2.45, 2.75) is 19.1 Å². The Morgan fingerprint density at radius 3 is 2.95 bits per heavy atom. The van der Waals surface area contributed by atoms with Gasteiger partial charge in [-0.2, -0.15) is 8.75 Å². The highest BCUT2D eigenvalue weighted by Gasteiger charge is 2.12.